The molecule has 0 aliphatic carbocycles. The number of hydrogen-bond acceptors (Lipinski definition) is 4. The smallest absolute Gasteiger partial charge is 0.166 e. The van der Waals surface area contributed by atoms with E-state index in [2.05, 4.69) is 10.2 Å². The van der Waals surface area contributed by atoms with Crippen LogP contribution in [0.4, 0.5) is 4.39 Å². The van der Waals surface area contributed by atoms with Crippen LogP contribution >= 0.6 is 0 Å². The largest absolute Gasteiger partial charge is 0.504 e. The number of methoxy groups -OCH3 is 1. The monoisotopic (exact) mass is 268 g/mol. The molecule has 0 atom stereocenters. The number of hydrogen-bond donors (Lipinski definition) is 2. The van der Waals surface area contributed by atoms with Crippen LogP contribution in [0.25, 0.3) is 0 Å². The topological polar surface area (TPSA) is 44.7 Å². The fourth-order valence-corrected chi connectivity index (χ4v) is 2.54. The van der Waals surface area contributed by atoms with E-state index in [1.165, 1.54) is 7.11 Å². The van der Waals surface area contributed by atoms with E-state index in [9.17, 15) is 9.50 Å². The van der Waals surface area contributed by atoms with Crippen LogP contribution in [0.2, 0.25) is 0 Å². The van der Waals surface area contributed by atoms with E-state index in [1.807, 2.05) is 0 Å². The summed E-state index contributed by atoms with van der Waals surface area (Å²) in [6.45, 7) is 7.52. The molecule has 4 nitrogen and oxygen atoms in total. The van der Waals surface area contributed by atoms with Crippen LogP contribution in [0, 0.1) is 19.7 Å². The van der Waals surface area contributed by atoms with Crippen molar-refractivity contribution in [2.75, 3.05) is 33.3 Å². The Hall–Kier alpha value is -1.33. The van der Waals surface area contributed by atoms with Gasteiger partial charge in [-0.2, -0.15) is 0 Å². The van der Waals surface area contributed by atoms with Gasteiger partial charge in [0.15, 0.2) is 11.5 Å². The molecule has 106 valence electrons. The minimum absolute atomic E-state index is 0.0671. The minimum Gasteiger partial charge on any atom is -0.504 e. The highest BCUT2D eigenvalue weighted by Crippen LogP contribution is 2.38. The van der Waals surface area contributed by atoms with Crippen LogP contribution in [-0.4, -0.2) is 43.3 Å². The summed E-state index contributed by atoms with van der Waals surface area (Å²) >= 11 is 0. The van der Waals surface area contributed by atoms with Gasteiger partial charge in [0.1, 0.15) is 5.82 Å². The lowest BCUT2D eigenvalue weighted by molar-refractivity contribution is 0.228. The number of nitrogens with one attached hydrogen (secondary N) is 1. The van der Waals surface area contributed by atoms with Gasteiger partial charge in [-0.3, -0.25) is 4.90 Å². The Kier molecular flexibility index (Phi) is 4.27. The summed E-state index contributed by atoms with van der Waals surface area (Å²) in [6, 6.07) is 0. The molecule has 1 fully saturated rings. The first-order valence-electron chi connectivity index (χ1n) is 6.53. The Labute approximate surface area is 113 Å². The number of rotatable bonds is 3. The second-order valence-corrected chi connectivity index (χ2v) is 4.95. The SMILES string of the molecule is COc1c(C)c(F)c(C)c(CN2CCNCC2)c1O. The second kappa shape index (κ2) is 5.75. The minimum atomic E-state index is -0.292. The lowest BCUT2D eigenvalue weighted by Crippen LogP contribution is -2.43. The lowest BCUT2D eigenvalue weighted by Gasteiger charge is -2.28. The van der Waals surface area contributed by atoms with Crippen molar-refractivity contribution >= 4 is 0 Å². The molecule has 2 N–H and O–H groups in total. The van der Waals surface area contributed by atoms with E-state index in [4.69, 9.17) is 4.74 Å². The maximum atomic E-state index is 14.2. The van der Waals surface area contributed by atoms with E-state index in [0.29, 0.717) is 23.2 Å². The number of phenols is 1. The molecule has 1 aliphatic heterocycles. The number of aromatic hydroxyl groups is 1. The van der Waals surface area contributed by atoms with Crippen molar-refractivity contribution in [2.45, 2.75) is 20.4 Å². The molecule has 2 rings (SSSR count). The lowest BCUT2D eigenvalue weighted by atomic mass is 10.0. The van der Waals surface area contributed by atoms with Gasteiger partial charge in [0.05, 0.1) is 7.11 Å². The maximum absolute atomic E-state index is 14.2. The fraction of sp³-hybridized carbons (Fsp3) is 0.571. The van der Waals surface area contributed by atoms with Gasteiger partial charge in [0, 0.05) is 43.9 Å². The van der Waals surface area contributed by atoms with Gasteiger partial charge in [0.2, 0.25) is 0 Å². The Bertz CT molecular complexity index is 471. The summed E-state index contributed by atoms with van der Waals surface area (Å²) in [5.41, 5.74) is 1.50. The highest BCUT2D eigenvalue weighted by molar-refractivity contribution is 5.54. The molecule has 1 aromatic rings. The first-order valence-corrected chi connectivity index (χ1v) is 6.53. The molecule has 1 heterocycles. The first-order chi connectivity index (χ1) is 9.06. The number of piperazine rings is 1. The van der Waals surface area contributed by atoms with Gasteiger partial charge in [-0.05, 0) is 19.4 Å². The standard InChI is InChI=1S/C14H21FN2O2/c1-9-11(8-17-6-4-16-5-7-17)13(18)14(19-3)10(2)12(9)15/h16,18H,4-8H2,1-3H3. The molecule has 0 radical (unpaired) electrons. The summed E-state index contributed by atoms with van der Waals surface area (Å²) in [5.74, 6) is 0.0189. The highest BCUT2D eigenvalue weighted by Gasteiger charge is 2.22. The Balaban J connectivity index is 2.35. The van der Waals surface area contributed by atoms with Crippen molar-refractivity contribution in [3.63, 3.8) is 0 Å². The van der Waals surface area contributed by atoms with Crippen LogP contribution in [-0.2, 0) is 6.54 Å². The van der Waals surface area contributed by atoms with Crippen molar-refractivity contribution in [1.82, 2.24) is 10.2 Å². The van der Waals surface area contributed by atoms with E-state index in [1.54, 1.807) is 13.8 Å². The first kappa shape index (κ1) is 14.1. The van der Waals surface area contributed by atoms with Crippen LogP contribution in [0.3, 0.4) is 0 Å². The highest BCUT2D eigenvalue weighted by atomic mass is 19.1. The molecule has 1 aromatic carbocycles. The second-order valence-electron chi connectivity index (χ2n) is 4.95. The summed E-state index contributed by atoms with van der Waals surface area (Å²) in [7, 11) is 1.45. The quantitative estimate of drug-likeness (QED) is 0.873. The average Bonchev–Trinajstić information content (AvgIpc) is 2.43. The van der Waals surface area contributed by atoms with Crippen LogP contribution in [0.5, 0.6) is 11.5 Å². The molecule has 0 aromatic heterocycles. The van der Waals surface area contributed by atoms with Gasteiger partial charge in [-0.15, -0.1) is 0 Å². The Morgan fingerprint density at radius 1 is 1.26 bits per heavy atom. The van der Waals surface area contributed by atoms with Crippen LogP contribution in [0.1, 0.15) is 16.7 Å². The molecule has 0 bridgehead atoms. The van der Waals surface area contributed by atoms with Crippen molar-refractivity contribution in [2.24, 2.45) is 0 Å². The Morgan fingerprint density at radius 3 is 2.47 bits per heavy atom. The third-order valence-electron chi connectivity index (χ3n) is 3.75. The summed E-state index contributed by atoms with van der Waals surface area (Å²) < 4.78 is 19.3. The normalized spacial score (nSPS) is 16.6. The number of benzene rings is 1. The number of phenolic OH excluding ortho intramolecular Hbond substituents is 1. The van der Waals surface area contributed by atoms with Crippen molar-refractivity contribution in [1.29, 1.82) is 0 Å². The molecule has 0 amide bonds. The predicted molar refractivity (Wildman–Crippen MR) is 72.2 cm³/mol. The van der Waals surface area contributed by atoms with E-state index in [0.717, 1.165) is 26.2 Å². The number of ether oxygens (including phenoxy) is 1. The van der Waals surface area contributed by atoms with Gasteiger partial charge < -0.3 is 15.2 Å². The number of nitrogens with zero attached hydrogens (tertiary/aromatic N) is 1. The third-order valence-corrected chi connectivity index (χ3v) is 3.75. The molecule has 1 saturated heterocycles. The van der Waals surface area contributed by atoms with Gasteiger partial charge in [0.25, 0.3) is 0 Å². The average molecular weight is 268 g/mol. The van der Waals surface area contributed by atoms with Crippen molar-refractivity contribution < 1.29 is 14.2 Å². The fourth-order valence-electron chi connectivity index (χ4n) is 2.54. The zero-order chi connectivity index (χ0) is 14.0. The molecule has 0 unspecified atom stereocenters. The summed E-state index contributed by atoms with van der Waals surface area (Å²) in [6.07, 6.45) is 0. The van der Waals surface area contributed by atoms with E-state index >= 15 is 0 Å². The van der Waals surface area contributed by atoms with Crippen LogP contribution < -0.4 is 10.1 Å². The zero-order valence-corrected chi connectivity index (χ0v) is 11.7. The molecular formula is C14H21FN2O2. The predicted octanol–water partition coefficient (Wildman–Crippen LogP) is 1.56. The summed E-state index contributed by atoms with van der Waals surface area (Å²) in [5, 5.41) is 13.5. The third kappa shape index (κ3) is 2.67. The van der Waals surface area contributed by atoms with E-state index in [-0.39, 0.29) is 17.3 Å². The van der Waals surface area contributed by atoms with Crippen LogP contribution in [0.15, 0.2) is 0 Å². The summed E-state index contributed by atoms with van der Waals surface area (Å²) in [4.78, 5) is 2.20. The molecule has 0 spiro atoms. The molecule has 0 saturated carbocycles. The van der Waals surface area contributed by atoms with E-state index < -0.39 is 0 Å². The number of halogens is 1. The molecule has 19 heavy (non-hydrogen) atoms. The zero-order valence-electron chi connectivity index (χ0n) is 11.7. The van der Waals surface area contributed by atoms with Crippen molar-refractivity contribution in [3.8, 4) is 11.5 Å². The van der Waals surface area contributed by atoms with Gasteiger partial charge >= 0.3 is 0 Å². The maximum Gasteiger partial charge on any atom is 0.166 e. The van der Waals surface area contributed by atoms with Gasteiger partial charge in [-0.1, -0.05) is 0 Å². The Morgan fingerprint density at radius 2 is 1.89 bits per heavy atom. The molecule has 5 heteroatoms. The van der Waals surface area contributed by atoms with Crippen molar-refractivity contribution in [3.05, 3.63) is 22.5 Å². The molecule has 1 aliphatic rings. The molecular weight excluding hydrogens is 247 g/mol. The van der Waals surface area contributed by atoms with Gasteiger partial charge in [-0.25, -0.2) is 4.39 Å².